The molecule has 1 aromatic rings. The van der Waals surface area contributed by atoms with Crippen molar-refractivity contribution in [2.45, 2.75) is 42.7 Å². The van der Waals surface area contributed by atoms with Gasteiger partial charge in [-0.2, -0.15) is 0 Å². The number of hydrogen-bond donors (Lipinski definition) is 5. The second-order valence-corrected chi connectivity index (χ2v) is 7.31. The van der Waals surface area contributed by atoms with Crippen molar-refractivity contribution >= 4 is 23.6 Å². The number of nitrogens with zero attached hydrogens (tertiary/aromatic N) is 3. The van der Waals surface area contributed by atoms with E-state index in [0.717, 1.165) is 0 Å². The Kier molecular flexibility index (Phi) is 7.91. The number of aryl methyl sites for hydroxylation is 1. The maximum absolute atomic E-state index is 12.4. The first-order valence-electron chi connectivity index (χ1n) is 8.35. The number of carbonyl (C=O) groups is 1. The molecule has 2 unspecified atom stereocenters. The lowest BCUT2D eigenvalue weighted by molar-refractivity contribution is -0.688. The monoisotopic (exact) mass is 407 g/mol. The Bertz CT molecular complexity index is 649. The van der Waals surface area contributed by atoms with Crippen molar-refractivity contribution in [3.8, 4) is 0 Å². The van der Waals surface area contributed by atoms with Gasteiger partial charge in [-0.15, -0.1) is 0 Å². The third kappa shape index (κ3) is 5.59. The predicted octanol–water partition coefficient (Wildman–Crippen LogP) is -2.65. The summed E-state index contributed by atoms with van der Waals surface area (Å²) in [6.07, 6.45) is -1.36. The van der Waals surface area contributed by atoms with E-state index in [9.17, 15) is 34.6 Å². The maximum Gasteiger partial charge on any atom is 0.434 e. The van der Waals surface area contributed by atoms with Gasteiger partial charge in [-0.1, -0.05) is 16.7 Å². The molecule has 0 saturated carbocycles. The number of amides is 1. The van der Waals surface area contributed by atoms with Crippen molar-refractivity contribution in [2.75, 3.05) is 19.0 Å². The number of rotatable bonds is 10. The smallest absolute Gasteiger partial charge is 0.390 e. The minimum atomic E-state index is -1.67. The molecule has 152 valence electrons. The van der Waals surface area contributed by atoms with Crippen LogP contribution in [0.5, 0.6) is 0 Å². The highest BCUT2D eigenvalue weighted by Gasteiger charge is 2.42. The second-order valence-electron chi connectivity index (χ2n) is 6.14. The number of alkyl halides is 1. The molecule has 1 amide bonds. The first kappa shape index (κ1) is 21.5. The number of aliphatic hydroxyl groups is 3. The van der Waals surface area contributed by atoms with Gasteiger partial charge < -0.3 is 36.1 Å². The highest BCUT2D eigenvalue weighted by molar-refractivity contribution is 8.00. The summed E-state index contributed by atoms with van der Waals surface area (Å²) < 4.78 is 13.8. The first-order valence-corrected chi connectivity index (χ1v) is 9.40. The molecule has 2 heterocycles. The number of aromatic nitrogens is 2. The summed E-state index contributed by atoms with van der Waals surface area (Å²) in [4.78, 5) is 26.0. The molecule has 1 aromatic heterocycles. The molecule has 6 N–H and O–H groups in total. The summed E-state index contributed by atoms with van der Waals surface area (Å²) in [6, 6.07) is -0.546. The van der Waals surface area contributed by atoms with Crippen molar-refractivity contribution in [3.63, 3.8) is 0 Å². The van der Waals surface area contributed by atoms with Crippen molar-refractivity contribution < 1.29 is 34.7 Å². The second kappa shape index (κ2) is 9.94. The quantitative estimate of drug-likeness (QED) is 0.159. The zero-order valence-corrected chi connectivity index (χ0v) is 15.2. The fourth-order valence-corrected chi connectivity index (χ4v) is 3.99. The molecule has 1 aliphatic heterocycles. The van der Waals surface area contributed by atoms with Crippen LogP contribution in [0.1, 0.15) is 6.42 Å². The minimum Gasteiger partial charge on any atom is -0.390 e. The van der Waals surface area contributed by atoms with E-state index in [1.54, 1.807) is 5.32 Å². The van der Waals surface area contributed by atoms with Crippen LogP contribution in [0.4, 0.5) is 10.3 Å². The van der Waals surface area contributed by atoms with Gasteiger partial charge in [-0.25, -0.2) is 8.96 Å². The Morgan fingerprint density at radius 3 is 2.96 bits per heavy atom. The average Bonchev–Trinajstić information content (AvgIpc) is 3.32. The largest absolute Gasteiger partial charge is 0.434 e. The van der Waals surface area contributed by atoms with E-state index < -0.39 is 41.3 Å². The minimum absolute atomic E-state index is 0.258. The zero-order chi connectivity index (χ0) is 20.0. The molecule has 13 heteroatoms. The molecule has 0 spiro atoms. The molecule has 0 aromatic carbocycles. The van der Waals surface area contributed by atoms with Crippen LogP contribution in [0, 0.1) is 10.1 Å². The van der Waals surface area contributed by atoms with E-state index in [4.69, 9.17) is 0 Å². The number of carbonyl (C=O) groups excluding carboxylic acids is 1. The lowest BCUT2D eigenvalue weighted by Crippen LogP contribution is -2.96. The van der Waals surface area contributed by atoms with Gasteiger partial charge in [0, 0.05) is 6.54 Å². The molecule has 1 saturated heterocycles. The standard InChI is InChI=1S/C14H22FN5O6S/c15-6-9(21)11(23)10(22)8-7-27-13(18-8)12(24)16-2-1-4-19-5-3-17-14(19)20(25)26/h3,5,8-11,13,18,21-23H,1-2,4,6-7H2,(H,16,24)/p+1/t8?,9-,10+,11-,13?/m1/s1/i15-1. The number of aliphatic hydroxyl groups excluding tert-OH is 3. The fourth-order valence-electron chi connectivity index (χ4n) is 2.71. The number of thioether (sulfide) groups is 1. The van der Waals surface area contributed by atoms with Crippen molar-refractivity contribution in [2.24, 2.45) is 0 Å². The van der Waals surface area contributed by atoms with Crippen LogP contribution in [0.15, 0.2) is 12.4 Å². The van der Waals surface area contributed by atoms with Gasteiger partial charge in [0.05, 0.1) is 12.3 Å². The van der Waals surface area contributed by atoms with Crippen molar-refractivity contribution in [1.82, 2.24) is 14.9 Å². The van der Waals surface area contributed by atoms with E-state index in [-0.39, 0.29) is 11.9 Å². The molecule has 0 radical (unpaired) electrons. The van der Waals surface area contributed by atoms with E-state index >= 15 is 0 Å². The zero-order valence-electron chi connectivity index (χ0n) is 14.3. The number of nitrogens with one attached hydrogen (secondary N) is 1. The van der Waals surface area contributed by atoms with E-state index in [1.165, 1.54) is 28.7 Å². The topological polar surface area (TPSA) is 167 Å². The molecule has 0 aliphatic carbocycles. The third-order valence-corrected chi connectivity index (χ3v) is 5.53. The van der Waals surface area contributed by atoms with Crippen LogP contribution in [0.2, 0.25) is 0 Å². The van der Waals surface area contributed by atoms with Crippen LogP contribution in [0.3, 0.4) is 0 Å². The van der Waals surface area contributed by atoms with Gasteiger partial charge in [0.15, 0.2) is 0 Å². The molecule has 1 fully saturated rings. The molecule has 0 bridgehead atoms. The SMILES string of the molecule is O=C(NCCCn1ccnc1[N+](=O)[O-])C1[NH2+]C([C@H](O)[C@H](O)[C@H](O)C[18F])CS1. The Morgan fingerprint density at radius 1 is 1.56 bits per heavy atom. The Labute approximate surface area is 158 Å². The van der Waals surface area contributed by atoms with Crippen molar-refractivity contribution in [3.05, 3.63) is 22.5 Å². The molecule has 27 heavy (non-hydrogen) atoms. The summed E-state index contributed by atoms with van der Waals surface area (Å²) in [6.45, 7) is -0.542. The highest BCUT2D eigenvalue weighted by atomic mass is 32.2. The number of nitro groups is 1. The Hall–Kier alpha value is -1.80. The highest BCUT2D eigenvalue weighted by Crippen LogP contribution is 2.17. The summed E-state index contributed by atoms with van der Waals surface area (Å²) in [7, 11) is 0. The normalized spacial score (nSPS) is 23.0. The molecule has 1 aliphatic rings. The molecule has 11 nitrogen and oxygen atoms in total. The first-order chi connectivity index (χ1) is 12.8. The van der Waals surface area contributed by atoms with Crippen LogP contribution in [-0.4, -0.2) is 84.4 Å². The van der Waals surface area contributed by atoms with Gasteiger partial charge in [0.2, 0.25) is 5.37 Å². The van der Waals surface area contributed by atoms with Crippen LogP contribution >= 0.6 is 11.8 Å². The van der Waals surface area contributed by atoms with E-state index in [0.29, 0.717) is 25.3 Å². The molecule has 2 rings (SSSR count). The molecular formula is C14H23FN5O6S+. The summed E-state index contributed by atoms with van der Waals surface area (Å²) in [5.41, 5.74) is 0. The number of halogens is 1. The van der Waals surface area contributed by atoms with Gasteiger partial charge in [-0.3, -0.25) is 4.79 Å². The number of hydrogen-bond acceptors (Lipinski definition) is 8. The van der Waals surface area contributed by atoms with E-state index in [2.05, 4.69) is 10.3 Å². The summed E-state index contributed by atoms with van der Waals surface area (Å²) in [5, 5.41) is 43.4. The van der Waals surface area contributed by atoms with Gasteiger partial charge in [0.1, 0.15) is 43.4 Å². The number of imidazole rings is 1. The lowest BCUT2D eigenvalue weighted by Gasteiger charge is -2.23. The van der Waals surface area contributed by atoms with Crippen LogP contribution in [0.25, 0.3) is 0 Å². The maximum atomic E-state index is 12.4. The number of quaternary nitrogens is 1. The van der Waals surface area contributed by atoms with E-state index in [1.807, 2.05) is 0 Å². The third-order valence-electron chi connectivity index (χ3n) is 4.22. The predicted molar refractivity (Wildman–Crippen MR) is 92.5 cm³/mol. The fraction of sp³-hybridized carbons (Fsp3) is 0.714. The summed E-state index contributed by atoms with van der Waals surface area (Å²) in [5.74, 6) is -0.182. The Balaban J connectivity index is 1.72. The van der Waals surface area contributed by atoms with Crippen LogP contribution < -0.4 is 10.6 Å². The lowest BCUT2D eigenvalue weighted by atomic mass is 10.0. The average molecular weight is 407 g/mol. The Morgan fingerprint density at radius 2 is 2.30 bits per heavy atom. The van der Waals surface area contributed by atoms with Gasteiger partial charge in [0.25, 0.3) is 5.91 Å². The number of nitrogens with two attached hydrogens (primary N) is 1. The van der Waals surface area contributed by atoms with Gasteiger partial charge >= 0.3 is 5.95 Å². The summed E-state index contributed by atoms with van der Waals surface area (Å²) >= 11 is 1.27. The van der Waals surface area contributed by atoms with Crippen LogP contribution in [-0.2, 0) is 11.3 Å². The van der Waals surface area contributed by atoms with Gasteiger partial charge in [-0.05, 0) is 11.3 Å². The van der Waals surface area contributed by atoms with Crippen molar-refractivity contribution in [1.29, 1.82) is 0 Å². The molecule has 5 atom stereocenters. The molecular weight excluding hydrogens is 384 g/mol.